The number of aryl methyl sites for hydroxylation is 1. The smallest absolute Gasteiger partial charge is 0.0398 e. The van der Waals surface area contributed by atoms with Crippen molar-refractivity contribution in [3.63, 3.8) is 0 Å². The van der Waals surface area contributed by atoms with E-state index in [1.165, 1.54) is 22.5 Å². The van der Waals surface area contributed by atoms with Crippen molar-refractivity contribution in [3.8, 4) is 0 Å². The van der Waals surface area contributed by atoms with Gasteiger partial charge in [-0.15, -0.1) is 0 Å². The molecule has 28 heavy (non-hydrogen) atoms. The predicted molar refractivity (Wildman–Crippen MR) is 119 cm³/mol. The van der Waals surface area contributed by atoms with Crippen molar-refractivity contribution in [1.29, 1.82) is 0 Å². The first-order chi connectivity index (χ1) is 13.6. The molecule has 0 aromatic heterocycles. The molecule has 150 valence electrons. The van der Waals surface area contributed by atoms with Gasteiger partial charge in [-0.3, -0.25) is 4.90 Å². The predicted octanol–water partition coefficient (Wildman–Crippen LogP) is 3.50. The van der Waals surface area contributed by atoms with Gasteiger partial charge in [-0.05, 0) is 50.1 Å². The Morgan fingerprint density at radius 3 is 2.50 bits per heavy atom. The molecular weight excluding hydrogens is 344 g/mol. The highest BCUT2D eigenvalue weighted by molar-refractivity contribution is 5.62. The molecule has 0 unspecified atom stereocenters. The third-order valence-electron chi connectivity index (χ3n) is 6.35. The van der Waals surface area contributed by atoms with Crippen molar-refractivity contribution >= 4 is 11.4 Å². The van der Waals surface area contributed by atoms with Gasteiger partial charge in [0, 0.05) is 69.3 Å². The van der Waals surface area contributed by atoms with E-state index in [2.05, 4.69) is 89.3 Å². The molecule has 2 saturated heterocycles. The van der Waals surface area contributed by atoms with E-state index < -0.39 is 0 Å². The summed E-state index contributed by atoms with van der Waals surface area (Å²) in [6.45, 7) is 14.5. The molecule has 0 radical (unpaired) electrons. The number of benzene rings is 2. The lowest BCUT2D eigenvalue weighted by Crippen LogP contribution is -2.51. The molecule has 0 bridgehead atoms. The highest BCUT2D eigenvalue weighted by Gasteiger charge is 2.25. The van der Waals surface area contributed by atoms with Crippen LogP contribution in [0.5, 0.6) is 0 Å². The van der Waals surface area contributed by atoms with E-state index in [0.29, 0.717) is 12.1 Å². The summed E-state index contributed by atoms with van der Waals surface area (Å²) in [7, 11) is 0. The lowest BCUT2D eigenvalue weighted by atomic mass is 10.1. The van der Waals surface area contributed by atoms with Crippen LogP contribution in [0.2, 0.25) is 0 Å². The molecule has 4 rings (SSSR count). The Hall–Kier alpha value is -2.04. The molecular formula is C24H34N4. The lowest BCUT2D eigenvalue weighted by Gasteiger charge is -2.42. The van der Waals surface area contributed by atoms with Gasteiger partial charge in [0.2, 0.25) is 0 Å². The molecule has 4 nitrogen and oxygen atoms in total. The monoisotopic (exact) mass is 378 g/mol. The molecule has 2 atom stereocenters. The van der Waals surface area contributed by atoms with Gasteiger partial charge in [0.05, 0.1) is 0 Å². The largest absolute Gasteiger partial charge is 0.368 e. The maximum absolute atomic E-state index is 3.48. The number of nitrogens with one attached hydrogen (secondary N) is 1. The Labute approximate surface area is 170 Å². The summed E-state index contributed by atoms with van der Waals surface area (Å²) in [5.74, 6) is 0. The Bertz CT molecular complexity index is 775. The SMILES string of the molecule is Cc1cc(N2CCNC[C@H]2C)ccc1N1CCN(Cc2ccccc2)[C@H](C)C1. The fourth-order valence-electron chi connectivity index (χ4n) is 4.66. The van der Waals surface area contributed by atoms with Gasteiger partial charge in [-0.2, -0.15) is 0 Å². The van der Waals surface area contributed by atoms with Crippen LogP contribution in [0, 0.1) is 6.92 Å². The molecule has 2 heterocycles. The van der Waals surface area contributed by atoms with Crippen LogP contribution in [0.25, 0.3) is 0 Å². The Kier molecular flexibility index (Phi) is 5.88. The lowest BCUT2D eigenvalue weighted by molar-refractivity contribution is 0.181. The van der Waals surface area contributed by atoms with Crippen LogP contribution in [0.4, 0.5) is 11.4 Å². The fourth-order valence-corrected chi connectivity index (χ4v) is 4.66. The minimum atomic E-state index is 0.556. The number of anilines is 2. The van der Waals surface area contributed by atoms with Crippen molar-refractivity contribution in [3.05, 3.63) is 59.7 Å². The topological polar surface area (TPSA) is 21.8 Å². The average molecular weight is 379 g/mol. The first-order valence-corrected chi connectivity index (χ1v) is 10.7. The van der Waals surface area contributed by atoms with Gasteiger partial charge in [-0.25, -0.2) is 0 Å². The second-order valence-electron chi connectivity index (χ2n) is 8.47. The summed E-state index contributed by atoms with van der Waals surface area (Å²) in [5.41, 5.74) is 5.57. The van der Waals surface area contributed by atoms with Crippen molar-refractivity contribution < 1.29 is 0 Å². The van der Waals surface area contributed by atoms with E-state index in [1.807, 2.05) is 0 Å². The van der Waals surface area contributed by atoms with E-state index >= 15 is 0 Å². The van der Waals surface area contributed by atoms with Crippen molar-refractivity contribution in [2.75, 3.05) is 49.1 Å². The highest BCUT2D eigenvalue weighted by Crippen LogP contribution is 2.29. The number of hydrogen-bond donors (Lipinski definition) is 1. The van der Waals surface area contributed by atoms with E-state index in [4.69, 9.17) is 0 Å². The fraction of sp³-hybridized carbons (Fsp3) is 0.500. The van der Waals surface area contributed by atoms with Gasteiger partial charge in [0.1, 0.15) is 0 Å². The van der Waals surface area contributed by atoms with Crippen LogP contribution in [0.3, 0.4) is 0 Å². The van der Waals surface area contributed by atoms with Crippen LogP contribution >= 0.6 is 0 Å². The van der Waals surface area contributed by atoms with E-state index in [0.717, 1.165) is 45.8 Å². The van der Waals surface area contributed by atoms with Gasteiger partial charge in [0.15, 0.2) is 0 Å². The van der Waals surface area contributed by atoms with Crippen LogP contribution in [-0.2, 0) is 6.54 Å². The Morgan fingerprint density at radius 2 is 1.79 bits per heavy atom. The maximum atomic E-state index is 3.48. The van der Waals surface area contributed by atoms with Crippen LogP contribution < -0.4 is 15.1 Å². The average Bonchev–Trinajstić information content (AvgIpc) is 2.71. The molecule has 2 fully saturated rings. The molecule has 2 aliphatic rings. The third-order valence-corrected chi connectivity index (χ3v) is 6.35. The number of piperazine rings is 2. The maximum Gasteiger partial charge on any atom is 0.0398 e. The van der Waals surface area contributed by atoms with Crippen molar-refractivity contribution in [2.24, 2.45) is 0 Å². The summed E-state index contributed by atoms with van der Waals surface area (Å²) in [4.78, 5) is 7.72. The molecule has 0 spiro atoms. The van der Waals surface area contributed by atoms with Gasteiger partial charge >= 0.3 is 0 Å². The molecule has 1 N–H and O–H groups in total. The summed E-state index contributed by atoms with van der Waals surface area (Å²) in [6, 6.07) is 19.0. The second kappa shape index (κ2) is 8.54. The zero-order chi connectivity index (χ0) is 19.5. The van der Waals surface area contributed by atoms with Crippen LogP contribution in [-0.4, -0.2) is 56.3 Å². The number of rotatable bonds is 4. The van der Waals surface area contributed by atoms with Gasteiger partial charge in [-0.1, -0.05) is 30.3 Å². The minimum Gasteiger partial charge on any atom is -0.368 e. The number of hydrogen-bond acceptors (Lipinski definition) is 4. The molecule has 0 amide bonds. The summed E-state index contributed by atoms with van der Waals surface area (Å²) >= 11 is 0. The minimum absolute atomic E-state index is 0.556. The molecule has 2 aliphatic heterocycles. The molecule has 4 heteroatoms. The first-order valence-electron chi connectivity index (χ1n) is 10.7. The zero-order valence-corrected chi connectivity index (χ0v) is 17.6. The molecule has 0 saturated carbocycles. The Morgan fingerprint density at radius 1 is 0.964 bits per heavy atom. The summed E-state index contributed by atoms with van der Waals surface area (Å²) in [6.07, 6.45) is 0. The quantitative estimate of drug-likeness (QED) is 0.879. The Balaban J connectivity index is 1.42. The summed E-state index contributed by atoms with van der Waals surface area (Å²) < 4.78 is 0. The molecule has 2 aromatic carbocycles. The summed E-state index contributed by atoms with van der Waals surface area (Å²) in [5, 5.41) is 3.48. The van der Waals surface area contributed by atoms with Crippen molar-refractivity contribution in [1.82, 2.24) is 10.2 Å². The number of nitrogens with zero attached hydrogens (tertiary/aromatic N) is 3. The highest BCUT2D eigenvalue weighted by atomic mass is 15.3. The standard InChI is InChI=1S/C24H34N4/c1-19-15-23(28-12-11-25-16-20(28)2)9-10-24(19)27-14-13-26(21(3)17-27)18-22-7-5-4-6-8-22/h4-10,15,20-21,25H,11-14,16-18H2,1-3H3/t20-,21-/m1/s1. The third kappa shape index (κ3) is 4.18. The molecule has 0 aliphatic carbocycles. The zero-order valence-electron chi connectivity index (χ0n) is 17.6. The van der Waals surface area contributed by atoms with Gasteiger partial charge < -0.3 is 15.1 Å². The first kappa shape index (κ1) is 19.3. The van der Waals surface area contributed by atoms with Crippen molar-refractivity contribution in [2.45, 2.75) is 39.4 Å². The van der Waals surface area contributed by atoms with Crippen LogP contribution in [0.15, 0.2) is 48.5 Å². The van der Waals surface area contributed by atoms with E-state index in [9.17, 15) is 0 Å². The van der Waals surface area contributed by atoms with E-state index in [-0.39, 0.29) is 0 Å². The van der Waals surface area contributed by atoms with Gasteiger partial charge in [0.25, 0.3) is 0 Å². The second-order valence-corrected chi connectivity index (χ2v) is 8.47. The van der Waals surface area contributed by atoms with E-state index in [1.54, 1.807) is 0 Å². The molecule has 2 aromatic rings. The van der Waals surface area contributed by atoms with Crippen LogP contribution in [0.1, 0.15) is 25.0 Å². The normalized spacial score (nSPS) is 23.8.